The van der Waals surface area contributed by atoms with Gasteiger partial charge >= 0.3 is 0 Å². The SMILES string of the molecule is COc1cccc(CC2(N)CC2)c1OC1CCOCC1. The first kappa shape index (κ1) is 13.7. The summed E-state index contributed by atoms with van der Waals surface area (Å²) in [5.41, 5.74) is 7.39. The number of ether oxygens (including phenoxy) is 3. The van der Waals surface area contributed by atoms with Crippen LogP contribution in [0.3, 0.4) is 0 Å². The van der Waals surface area contributed by atoms with Gasteiger partial charge in [0.1, 0.15) is 6.10 Å². The van der Waals surface area contributed by atoms with Gasteiger partial charge in [-0.3, -0.25) is 0 Å². The van der Waals surface area contributed by atoms with Gasteiger partial charge in [-0.25, -0.2) is 0 Å². The number of hydrogen-bond acceptors (Lipinski definition) is 4. The molecule has 0 unspecified atom stereocenters. The largest absolute Gasteiger partial charge is 0.493 e. The lowest BCUT2D eigenvalue weighted by molar-refractivity contribution is 0.0241. The van der Waals surface area contributed by atoms with E-state index in [1.165, 1.54) is 0 Å². The van der Waals surface area contributed by atoms with Crippen molar-refractivity contribution in [1.82, 2.24) is 0 Å². The fraction of sp³-hybridized carbons (Fsp3) is 0.625. The Labute approximate surface area is 120 Å². The Bertz CT molecular complexity index is 465. The summed E-state index contributed by atoms with van der Waals surface area (Å²) < 4.78 is 17.1. The molecule has 110 valence electrons. The van der Waals surface area contributed by atoms with Gasteiger partial charge < -0.3 is 19.9 Å². The van der Waals surface area contributed by atoms with Crippen LogP contribution < -0.4 is 15.2 Å². The number of para-hydroxylation sites is 1. The molecule has 0 radical (unpaired) electrons. The van der Waals surface area contributed by atoms with E-state index in [4.69, 9.17) is 19.9 Å². The molecule has 1 saturated carbocycles. The highest BCUT2D eigenvalue weighted by atomic mass is 16.5. The van der Waals surface area contributed by atoms with Crippen molar-refractivity contribution >= 4 is 0 Å². The molecule has 2 fully saturated rings. The average Bonchev–Trinajstić information content (AvgIpc) is 3.19. The quantitative estimate of drug-likeness (QED) is 0.897. The standard InChI is InChI=1S/C16H23NO3/c1-18-14-4-2-3-12(11-16(17)7-8-16)15(14)20-13-5-9-19-10-6-13/h2-4,13H,5-11,17H2,1H3. The minimum absolute atomic E-state index is 0.0276. The first-order valence-electron chi connectivity index (χ1n) is 7.39. The third-order valence-corrected chi connectivity index (χ3v) is 4.17. The maximum absolute atomic E-state index is 6.26. The van der Waals surface area contributed by atoms with E-state index in [1.807, 2.05) is 12.1 Å². The molecule has 0 atom stereocenters. The minimum Gasteiger partial charge on any atom is -0.493 e. The summed E-state index contributed by atoms with van der Waals surface area (Å²) in [4.78, 5) is 0. The molecule has 1 saturated heterocycles. The molecule has 2 N–H and O–H groups in total. The van der Waals surface area contributed by atoms with Gasteiger partial charge in [0.05, 0.1) is 20.3 Å². The second-order valence-corrected chi connectivity index (χ2v) is 5.92. The predicted molar refractivity (Wildman–Crippen MR) is 77.3 cm³/mol. The molecule has 1 aromatic carbocycles. The van der Waals surface area contributed by atoms with E-state index < -0.39 is 0 Å². The second kappa shape index (κ2) is 5.62. The Morgan fingerprint density at radius 2 is 2.05 bits per heavy atom. The van der Waals surface area contributed by atoms with Crippen molar-refractivity contribution in [3.05, 3.63) is 23.8 Å². The highest BCUT2D eigenvalue weighted by Crippen LogP contribution is 2.41. The summed E-state index contributed by atoms with van der Waals surface area (Å²) in [6.45, 7) is 1.55. The van der Waals surface area contributed by atoms with Crippen LogP contribution in [0.5, 0.6) is 11.5 Å². The Balaban J connectivity index is 1.81. The maximum atomic E-state index is 6.26. The molecule has 1 aliphatic carbocycles. The number of hydrogen-bond donors (Lipinski definition) is 1. The molecule has 20 heavy (non-hydrogen) atoms. The minimum atomic E-state index is -0.0276. The van der Waals surface area contributed by atoms with Crippen LogP contribution in [-0.2, 0) is 11.2 Å². The van der Waals surface area contributed by atoms with Gasteiger partial charge in [-0.15, -0.1) is 0 Å². The van der Waals surface area contributed by atoms with Crippen LogP contribution in [0.4, 0.5) is 0 Å². The van der Waals surface area contributed by atoms with Gasteiger partial charge in [-0.2, -0.15) is 0 Å². The average molecular weight is 277 g/mol. The van der Waals surface area contributed by atoms with E-state index in [-0.39, 0.29) is 11.6 Å². The molecule has 2 aliphatic rings. The van der Waals surface area contributed by atoms with E-state index in [2.05, 4.69) is 6.07 Å². The molecule has 0 aromatic heterocycles. The lowest BCUT2D eigenvalue weighted by Crippen LogP contribution is -2.28. The van der Waals surface area contributed by atoms with Gasteiger partial charge in [0, 0.05) is 18.4 Å². The molecular weight excluding hydrogens is 254 g/mol. The monoisotopic (exact) mass is 277 g/mol. The normalized spacial score (nSPS) is 21.5. The van der Waals surface area contributed by atoms with Crippen molar-refractivity contribution in [2.75, 3.05) is 20.3 Å². The fourth-order valence-electron chi connectivity index (χ4n) is 2.67. The fourth-order valence-corrected chi connectivity index (χ4v) is 2.67. The summed E-state index contributed by atoms with van der Waals surface area (Å²) >= 11 is 0. The van der Waals surface area contributed by atoms with E-state index in [0.717, 1.165) is 62.4 Å². The smallest absolute Gasteiger partial charge is 0.164 e. The lowest BCUT2D eigenvalue weighted by Gasteiger charge is -2.26. The van der Waals surface area contributed by atoms with Crippen LogP contribution in [-0.4, -0.2) is 32.0 Å². The summed E-state index contributed by atoms with van der Waals surface area (Å²) in [6.07, 6.45) is 5.15. The second-order valence-electron chi connectivity index (χ2n) is 5.92. The Hall–Kier alpha value is -1.26. The number of benzene rings is 1. The molecule has 0 bridgehead atoms. The van der Waals surface area contributed by atoms with Crippen LogP contribution in [0.1, 0.15) is 31.2 Å². The molecule has 1 aromatic rings. The van der Waals surface area contributed by atoms with Crippen LogP contribution in [0.25, 0.3) is 0 Å². The number of nitrogens with two attached hydrogens (primary N) is 1. The van der Waals surface area contributed by atoms with Crippen LogP contribution in [0.2, 0.25) is 0 Å². The van der Waals surface area contributed by atoms with Crippen molar-refractivity contribution in [3.8, 4) is 11.5 Å². The Morgan fingerprint density at radius 1 is 1.30 bits per heavy atom. The van der Waals surface area contributed by atoms with Crippen molar-refractivity contribution in [3.63, 3.8) is 0 Å². The summed E-state index contributed by atoms with van der Waals surface area (Å²) in [5, 5.41) is 0. The van der Waals surface area contributed by atoms with E-state index >= 15 is 0 Å². The van der Waals surface area contributed by atoms with Crippen LogP contribution in [0.15, 0.2) is 18.2 Å². The lowest BCUT2D eigenvalue weighted by atomic mass is 10.0. The van der Waals surface area contributed by atoms with Gasteiger partial charge in [0.25, 0.3) is 0 Å². The molecule has 4 heteroatoms. The van der Waals surface area contributed by atoms with Gasteiger partial charge in [-0.1, -0.05) is 12.1 Å². The Kier molecular flexibility index (Phi) is 3.85. The topological polar surface area (TPSA) is 53.7 Å². The molecule has 3 rings (SSSR count). The molecule has 1 aliphatic heterocycles. The highest BCUT2D eigenvalue weighted by Gasteiger charge is 2.39. The summed E-state index contributed by atoms with van der Waals surface area (Å²) in [6, 6.07) is 6.06. The van der Waals surface area contributed by atoms with Crippen LogP contribution >= 0.6 is 0 Å². The van der Waals surface area contributed by atoms with Crippen molar-refractivity contribution in [2.24, 2.45) is 5.73 Å². The molecule has 0 amide bonds. The molecule has 1 heterocycles. The van der Waals surface area contributed by atoms with Crippen LogP contribution in [0, 0.1) is 0 Å². The van der Waals surface area contributed by atoms with Crippen molar-refractivity contribution in [1.29, 1.82) is 0 Å². The van der Waals surface area contributed by atoms with Gasteiger partial charge in [-0.05, 0) is 30.9 Å². The summed E-state index contributed by atoms with van der Waals surface area (Å²) in [5.74, 6) is 1.68. The molecule has 0 spiro atoms. The van der Waals surface area contributed by atoms with Crippen molar-refractivity contribution in [2.45, 2.75) is 43.7 Å². The maximum Gasteiger partial charge on any atom is 0.164 e. The molecule has 4 nitrogen and oxygen atoms in total. The number of rotatable bonds is 5. The number of methoxy groups -OCH3 is 1. The highest BCUT2D eigenvalue weighted by molar-refractivity contribution is 5.48. The summed E-state index contributed by atoms with van der Waals surface area (Å²) in [7, 11) is 1.69. The zero-order chi connectivity index (χ0) is 14.0. The van der Waals surface area contributed by atoms with Crippen molar-refractivity contribution < 1.29 is 14.2 Å². The first-order valence-corrected chi connectivity index (χ1v) is 7.39. The predicted octanol–water partition coefficient (Wildman–Crippen LogP) is 2.29. The van der Waals surface area contributed by atoms with Gasteiger partial charge in [0.15, 0.2) is 11.5 Å². The molecular formula is C16H23NO3. The zero-order valence-corrected chi connectivity index (χ0v) is 12.1. The van der Waals surface area contributed by atoms with E-state index in [9.17, 15) is 0 Å². The third kappa shape index (κ3) is 3.07. The van der Waals surface area contributed by atoms with E-state index in [1.54, 1.807) is 7.11 Å². The first-order chi connectivity index (χ1) is 9.70. The Morgan fingerprint density at radius 3 is 2.70 bits per heavy atom. The van der Waals surface area contributed by atoms with E-state index in [0.29, 0.717) is 0 Å². The third-order valence-electron chi connectivity index (χ3n) is 4.17. The zero-order valence-electron chi connectivity index (χ0n) is 12.1. The van der Waals surface area contributed by atoms with Gasteiger partial charge in [0.2, 0.25) is 0 Å².